The van der Waals surface area contributed by atoms with Gasteiger partial charge in [-0.25, -0.2) is 0 Å². The fraction of sp³-hybridized carbons (Fsp3) is 0.182. The van der Waals surface area contributed by atoms with Crippen molar-refractivity contribution in [2.45, 2.75) is 6.92 Å². The van der Waals surface area contributed by atoms with E-state index in [9.17, 15) is 4.79 Å². The Bertz CT molecular complexity index is 575. The summed E-state index contributed by atoms with van der Waals surface area (Å²) in [5.41, 5.74) is 1.55. The van der Waals surface area contributed by atoms with Gasteiger partial charge >= 0.3 is 0 Å². The molecule has 0 aliphatic carbocycles. The number of aromatic amines is 1. The third kappa shape index (κ3) is 1.65. The molecule has 1 aromatic carbocycles. The molecule has 2 rings (SSSR count). The standard InChI is InChI=1S/C11H10BrNO2/c1-6-5-8(14)10-7(12)3-4-9(15-2)11(10)13-6/h3-5H,1-2H3,(H,13,14). The van der Waals surface area contributed by atoms with Gasteiger partial charge in [0.1, 0.15) is 5.75 Å². The molecule has 0 amide bonds. The molecule has 0 spiro atoms. The number of halogens is 1. The van der Waals surface area contributed by atoms with E-state index in [2.05, 4.69) is 20.9 Å². The van der Waals surface area contributed by atoms with E-state index in [1.54, 1.807) is 13.2 Å². The van der Waals surface area contributed by atoms with Gasteiger partial charge in [0.25, 0.3) is 0 Å². The smallest absolute Gasteiger partial charge is 0.190 e. The topological polar surface area (TPSA) is 42.1 Å². The summed E-state index contributed by atoms with van der Waals surface area (Å²) in [6.07, 6.45) is 0. The molecule has 0 aliphatic rings. The van der Waals surface area contributed by atoms with Crippen molar-refractivity contribution >= 4 is 26.8 Å². The van der Waals surface area contributed by atoms with Gasteiger partial charge in [-0.3, -0.25) is 4.79 Å². The van der Waals surface area contributed by atoms with E-state index >= 15 is 0 Å². The summed E-state index contributed by atoms with van der Waals surface area (Å²) in [5, 5.41) is 0.625. The Morgan fingerprint density at radius 3 is 2.80 bits per heavy atom. The van der Waals surface area contributed by atoms with Gasteiger partial charge in [0.15, 0.2) is 5.43 Å². The molecule has 0 saturated carbocycles. The molecular weight excluding hydrogens is 258 g/mol. The zero-order valence-electron chi connectivity index (χ0n) is 8.43. The molecule has 0 bridgehead atoms. The molecule has 4 heteroatoms. The molecule has 0 aliphatic heterocycles. The summed E-state index contributed by atoms with van der Waals surface area (Å²) in [6.45, 7) is 1.85. The Balaban J connectivity index is 3.00. The first kappa shape index (κ1) is 10.2. The van der Waals surface area contributed by atoms with Crippen LogP contribution in [0.2, 0.25) is 0 Å². The number of methoxy groups -OCH3 is 1. The van der Waals surface area contributed by atoms with Gasteiger partial charge in [-0.1, -0.05) is 0 Å². The highest BCUT2D eigenvalue weighted by Crippen LogP contribution is 2.27. The van der Waals surface area contributed by atoms with E-state index in [-0.39, 0.29) is 5.43 Å². The minimum atomic E-state index is -0.00738. The largest absolute Gasteiger partial charge is 0.495 e. The Kier molecular flexibility index (Phi) is 2.52. The van der Waals surface area contributed by atoms with Gasteiger partial charge in [-0.05, 0) is 35.0 Å². The highest BCUT2D eigenvalue weighted by Gasteiger charge is 2.08. The number of pyridine rings is 1. The highest BCUT2D eigenvalue weighted by atomic mass is 79.9. The predicted molar refractivity (Wildman–Crippen MR) is 63.6 cm³/mol. The Labute approximate surface area is 95.2 Å². The maximum absolute atomic E-state index is 11.8. The molecule has 0 radical (unpaired) electrons. The van der Waals surface area contributed by atoms with Crippen LogP contribution in [0.15, 0.2) is 27.5 Å². The van der Waals surface area contributed by atoms with Gasteiger partial charge in [-0.15, -0.1) is 0 Å². The van der Waals surface area contributed by atoms with Crippen molar-refractivity contribution in [3.05, 3.63) is 38.6 Å². The summed E-state index contributed by atoms with van der Waals surface area (Å²) in [5.74, 6) is 0.675. The zero-order valence-corrected chi connectivity index (χ0v) is 10.0. The lowest BCUT2D eigenvalue weighted by Gasteiger charge is -2.07. The number of aryl methyl sites for hydroxylation is 1. The lowest BCUT2D eigenvalue weighted by molar-refractivity contribution is 0.418. The van der Waals surface area contributed by atoms with Crippen LogP contribution >= 0.6 is 15.9 Å². The number of H-pyrrole nitrogens is 1. The van der Waals surface area contributed by atoms with Gasteiger partial charge in [0, 0.05) is 16.2 Å². The van der Waals surface area contributed by atoms with Crippen molar-refractivity contribution in [2.24, 2.45) is 0 Å². The number of fused-ring (bicyclic) bond motifs is 1. The van der Waals surface area contributed by atoms with Crippen molar-refractivity contribution in [3.63, 3.8) is 0 Å². The fourth-order valence-electron chi connectivity index (χ4n) is 1.60. The normalized spacial score (nSPS) is 10.6. The highest BCUT2D eigenvalue weighted by molar-refractivity contribution is 9.10. The third-order valence-corrected chi connectivity index (χ3v) is 2.91. The minimum absolute atomic E-state index is 0.00738. The summed E-state index contributed by atoms with van der Waals surface area (Å²) in [7, 11) is 1.59. The number of hydrogen-bond donors (Lipinski definition) is 1. The Hall–Kier alpha value is -1.29. The maximum Gasteiger partial charge on any atom is 0.190 e. The Morgan fingerprint density at radius 2 is 2.13 bits per heavy atom. The van der Waals surface area contributed by atoms with Crippen molar-refractivity contribution < 1.29 is 4.74 Å². The molecule has 2 aromatic rings. The molecule has 0 atom stereocenters. The van der Waals surface area contributed by atoms with Crippen LogP contribution in [-0.4, -0.2) is 12.1 Å². The van der Waals surface area contributed by atoms with E-state index in [0.717, 1.165) is 15.7 Å². The first-order valence-corrected chi connectivity index (χ1v) is 5.29. The lowest BCUT2D eigenvalue weighted by Crippen LogP contribution is -2.04. The second-order valence-electron chi connectivity index (χ2n) is 3.32. The van der Waals surface area contributed by atoms with Crippen LogP contribution in [0.3, 0.4) is 0 Å². The van der Waals surface area contributed by atoms with Crippen LogP contribution in [-0.2, 0) is 0 Å². The maximum atomic E-state index is 11.8. The molecule has 1 aromatic heterocycles. The van der Waals surface area contributed by atoms with Crippen LogP contribution in [0.1, 0.15) is 5.69 Å². The molecule has 1 N–H and O–H groups in total. The van der Waals surface area contributed by atoms with E-state index in [4.69, 9.17) is 4.74 Å². The molecule has 15 heavy (non-hydrogen) atoms. The molecule has 1 heterocycles. The molecule has 0 unspecified atom stereocenters. The molecule has 0 fully saturated rings. The monoisotopic (exact) mass is 267 g/mol. The molecule has 78 valence electrons. The average Bonchev–Trinajstić information content (AvgIpc) is 2.17. The lowest BCUT2D eigenvalue weighted by atomic mass is 10.2. The first-order chi connectivity index (χ1) is 7.13. The van der Waals surface area contributed by atoms with Crippen molar-refractivity contribution in [3.8, 4) is 5.75 Å². The third-order valence-electron chi connectivity index (χ3n) is 2.25. The van der Waals surface area contributed by atoms with Crippen LogP contribution in [0, 0.1) is 6.92 Å². The fourth-order valence-corrected chi connectivity index (χ4v) is 2.12. The predicted octanol–water partition coefficient (Wildman–Crippen LogP) is 2.61. The van der Waals surface area contributed by atoms with Gasteiger partial charge in [0.05, 0.1) is 18.0 Å². The first-order valence-electron chi connectivity index (χ1n) is 4.49. The number of aromatic nitrogens is 1. The quantitative estimate of drug-likeness (QED) is 0.863. The summed E-state index contributed by atoms with van der Waals surface area (Å²) in [6, 6.07) is 5.21. The van der Waals surface area contributed by atoms with E-state index in [0.29, 0.717) is 11.1 Å². The summed E-state index contributed by atoms with van der Waals surface area (Å²) >= 11 is 3.36. The molecule has 3 nitrogen and oxygen atoms in total. The van der Waals surface area contributed by atoms with Crippen LogP contribution in [0.25, 0.3) is 10.9 Å². The zero-order chi connectivity index (χ0) is 11.0. The Morgan fingerprint density at radius 1 is 1.40 bits per heavy atom. The number of hydrogen-bond acceptors (Lipinski definition) is 2. The minimum Gasteiger partial charge on any atom is -0.495 e. The SMILES string of the molecule is COc1ccc(Br)c2c(=O)cc(C)[nH]c12. The van der Waals surface area contributed by atoms with Crippen molar-refractivity contribution in [1.29, 1.82) is 0 Å². The number of ether oxygens (including phenoxy) is 1. The van der Waals surface area contributed by atoms with E-state index in [1.165, 1.54) is 0 Å². The summed E-state index contributed by atoms with van der Waals surface area (Å²) < 4.78 is 5.98. The number of rotatable bonds is 1. The average molecular weight is 268 g/mol. The van der Waals surface area contributed by atoms with Crippen molar-refractivity contribution in [2.75, 3.05) is 7.11 Å². The molecular formula is C11H10BrNO2. The van der Waals surface area contributed by atoms with E-state index < -0.39 is 0 Å². The number of nitrogens with one attached hydrogen (secondary N) is 1. The van der Waals surface area contributed by atoms with E-state index in [1.807, 2.05) is 19.1 Å². The van der Waals surface area contributed by atoms with Gasteiger partial charge in [-0.2, -0.15) is 0 Å². The van der Waals surface area contributed by atoms with Gasteiger partial charge < -0.3 is 9.72 Å². The second kappa shape index (κ2) is 3.70. The second-order valence-corrected chi connectivity index (χ2v) is 4.17. The molecule has 0 saturated heterocycles. The number of benzene rings is 1. The van der Waals surface area contributed by atoms with Crippen LogP contribution in [0.5, 0.6) is 5.75 Å². The van der Waals surface area contributed by atoms with Crippen LogP contribution in [0.4, 0.5) is 0 Å². The summed E-state index contributed by atoms with van der Waals surface area (Å²) in [4.78, 5) is 14.9. The van der Waals surface area contributed by atoms with Crippen molar-refractivity contribution in [1.82, 2.24) is 4.98 Å². The van der Waals surface area contributed by atoms with Gasteiger partial charge in [0.2, 0.25) is 0 Å². The van der Waals surface area contributed by atoms with Crippen LogP contribution < -0.4 is 10.2 Å².